The molecule has 1 aromatic carbocycles. The zero-order chi connectivity index (χ0) is 16.1. The highest BCUT2D eigenvalue weighted by Gasteiger charge is 2.28. The van der Waals surface area contributed by atoms with Crippen molar-refractivity contribution in [2.24, 2.45) is 17.8 Å². The van der Waals surface area contributed by atoms with Crippen molar-refractivity contribution in [1.82, 2.24) is 0 Å². The molecule has 126 valence electrons. The van der Waals surface area contributed by atoms with Crippen molar-refractivity contribution in [3.8, 4) is 0 Å². The second-order valence-corrected chi connectivity index (χ2v) is 8.37. The minimum Gasteiger partial charge on any atom is -0.350 e. The average molecular weight is 350 g/mol. The Balaban J connectivity index is 1.42. The minimum absolute atomic E-state index is 0.755. The van der Waals surface area contributed by atoms with Gasteiger partial charge in [-0.05, 0) is 61.6 Å². The van der Waals surface area contributed by atoms with E-state index in [1.54, 1.807) is 0 Å². The predicted molar refractivity (Wildman–Crippen MR) is 104 cm³/mol. The first-order valence-corrected chi connectivity index (χ1v) is 10.0. The van der Waals surface area contributed by atoms with Crippen molar-refractivity contribution in [1.29, 1.82) is 0 Å². The summed E-state index contributed by atoms with van der Waals surface area (Å²) in [5, 5.41) is 4.11. The molecule has 0 radical (unpaired) electrons. The molecule has 0 bridgehead atoms. The van der Waals surface area contributed by atoms with Crippen LogP contribution in [-0.2, 0) is 0 Å². The van der Waals surface area contributed by atoms with E-state index in [1.165, 1.54) is 57.8 Å². The second-order valence-electron chi connectivity index (χ2n) is 7.44. The predicted octanol–water partition coefficient (Wildman–Crippen LogP) is 6.86. The van der Waals surface area contributed by atoms with Gasteiger partial charge in [0, 0.05) is 17.1 Å². The number of halogens is 1. The summed E-state index contributed by atoms with van der Waals surface area (Å²) in [5.74, 6) is 2.80. The topological polar surface area (TPSA) is 12.0 Å². The maximum absolute atomic E-state index is 6.03. The molecule has 1 N–H and O–H groups in total. The quantitative estimate of drug-likeness (QED) is 0.596. The molecule has 0 heterocycles. The Kier molecular flexibility index (Phi) is 6.36. The van der Waals surface area contributed by atoms with Gasteiger partial charge >= 0.3 is 0 Å². The number of benzene rings is 1. The summed E-state index contributed by atoms with van der Waals surface area (Å²) in [6.45, 7) is 0. The normalized spacial score (nSPS) is 26.0. The summed E-state index contributed by atoms with van der Waals surface area (Å²) >= 11 is 11.6. The number of thiocarbonyl (C=S) groups is 1. The molecule has 2 aliphatic carbocycles. The Hall–Kier alpha value is -0.600. The van der Waals surface area contributed by atoms with Crippen LogP contribution in [0.5, 0.6) is 0 Å². The zero-order valence-corrected chi connectivity index (χ0v) is 15.5. The summed E-state index contributed by atoms with van der Waals surface area (Å²) in [5.41, 5.74) is 1.01. The molecule has 0 aromatic heterocycles. The third kappa shape index (κ3) is 5.19. The average Bonchev–Trinajstić information content (AvgIpc) is 2.56. The van der Waals surface area contributed by atoms with E-state index in [0.29, 0.717) is 0 Å². The Labute approximate surface area is 151 Å². The lowest BCUT2D eigenvalue weighted by molar-refractivity contribution is 0.169. The van der Waals surface area contributed by atoms with Gasteiger partial charge in [0.05, 0.1) is 4.99 Å². The van der Waals surface area contributed by atoms with E-state index in [9.17, 15) is 0 Å². The first-order chi connectivity index (χ1) is 11.2. The molecule has 1 nitrogen and oxygen atoms in total. The van der Waals surface area contributed by atoms with Crippen LogP contribution in [0.2, 0.25) is 5.02 Å². The number of rotatable bonds is 4. The van der Waals surface area contributed by atoms with Crippen LogP contribution in [0.25, 0.3) is 0 Å². The van der Waals surface area contributed by atoms with E-state index in [0.717, 1.165) is 39.9 Å². The molecule has 0 unspecified atom stereocenters. The molecule has 0 spiro atoms. The van der Waals surface area contributed by atoms with Crippen molar-refractivity contribution >= 4 is 34.5 Å². The van der Waals surface area contributed by atoms with Gasteiger partial charge in [0.2, 0.25) is 0 Å². The Morgan fingerprint density at radius 3 is 2.39 bits per heavy atom. The van der Waals surface area contributed by atoms with Gasteiger partial charge in [-0.1, -0.05) is 62.0 Å². The lowest BCUT2D eigenvalue weighted by Crippen LogP contribution is -2.25. The third-order valence-corrected chi connectivity index (χ3v) is 6.29. The zero-order valence-electron chi connectivity index (χ0n) is 13.9. The lowest BCUT2D eigenvalue weighted by Gasteiger charge is -2.36. The van der Waals surface area contributed by atoms with E-state index in [4.69, 9.17) is 23.8 Å². The molecule has 0 aliphatic heterocycles. The molecule has 3 heteroatoms. The summed E-state index contributed by atoms with van der Waals surface area (Å²) < 4.78 is 0. The Bertz CT molecular complexity index is 516. The molecule has 23 heavy (non-hydrogen) atoms. The summed E-state index contributed by atoms with van der Waals surface area (Å²) in [6, 6.07) is 7.82. The van der Waals surface area contributed by atoms with Crippen LogP contribution in [-0.4, -0.2) is 4.99 Å². The molecule has 2 aliphatic rings. The van der Waals surface area contributed by atoms with Crippen molar-refractivity contribution in [2.45, 2.75) is 64.2 Å². The summed E-state index contributed by atoms with van der Waals surface area (Å²) in [6.07, 6.45) is 14.0. The largest absolute Gasteiger partial charge is 0.350 e. The van der Waals surface area contributed by atoms with Crippen LogP contribution in [0.3, 0.4) is 0 Å². The van der Waals surface area contributed by atoms with Gasteiger partial charge in [0.1, 0.15) is 0 Å². The van der Waals surface area contributed by atoms with E-state index in [-0.39, 0.29) is 0 Å². The smallest absolute Gasteiger partial charge is 0.0800 e. The standard InChI is InChI=1S/C20H28ClNS/c21-18-7-4-8-19(14-18)22-20(23)13-15-9-11-17(12-10-15)16-5-2-1-3-6-16/h4,7-8,14-17H,1-3,5-6,9-13H2,(H,22,23). The number of nitrogens with one attached hydrogen (secondary N) is 1. The van der Waals surface area contributed by atoms with Gasteiger partial charge < -0.3 is 5.32 Å². The molecule has 3 rings (SSSR count). The molecule has 0 amide bonds. The first-order valence-electron chi connectivity index (χ1n) is 9.26. The molecular weight excluding hydrogens is 322 g/mol. The highest BCUT2D eigenvalue weighted by atomic mass is 35.5. The maximum Gasteiger partial charge on any atom is 0.0800 e. The fraction of sp³-hybridized carbons (Fsp3) is 0.650. The molecular formula is C20H28ClNS. The van der Waals surface area contributed by atoms with Crippen LogP contribution >= 0.6 is 23.8 Å². The van der Waals surface area contributed by atoms with Crippen LogP contribution in [0.1, 0.15) is 64.2 Å². The fourth-order valence-corrected chi connectivity index (χ4v) is 5.05. The number of hydrogen-bond acceptors (Lipinski definition) is 1. The van der Waals surface area contributed by atoms with Crippen molar-refractivity contribution < 1.29 is 0 Å². The number of anilines is 1. The highest BCUT2D eigenvalue weighted by Crippen LogP contribution is 2.40. The van der Waals surface area contributed by atoms with Gasteiger partial charge in [0.15, 0.2) is 0 Å². The molecule has 0 saturated heterocycles. The van der Waals surface area contributed by atoms with Crippen molar-refractivity contribution in [3.05, 3.63) is 29.3 Å². The number of hydrogen-bond donors (Lipinski definition) is 1. The van der Waals surface area contributed by atoms with Crippen LogP contribution in [0, 0.1) is 17.8 Å². The second kappa shape index (κ2) is 8.48. The monoisotopic (exact) mass is 349 g/mol. The van der Waals surface area contributed by atoms with Gasteiger partial charge in [0.25, 0.3) is 0 Å². The molecule has 2 fully saturated rings. The minimum atomic E-state index is 0.755. The van der Waals surface area contributed by atoms with Crippen molar-refractivity contribution in [2.75, 3.05) is 5.32 Å². The highest BCUT2D eigenvalue weighted by molar-refractivity contribution is 7.80. The van der Waals surface area contributed by atoms with E-state index in [1.807, 2.05) is 24.3 Å². The van der Waals surface area contributed by atoms with Crippen LogP contribution in [0.4, 0.5) is 5.69 Å². The summed E-state index contributed by atoms with van der Waals surface area (Å²) in [4.78, 5) is 0.966. The van der Waals surface area contributed by atoms with E-state index >= 15 is 0 Å². The van der Waals surface area contributed by atoms with Crippen LogP contribution < -0.4 is 5.32 Å². The third-order valence-electron chi connectivity index (χ3n) is 5.79. The van der Waals surface area contributed by atoms with Gasteiger partial charge in [-0.15, -0.1) is 0 Å². The van der Waals surface area contributed by atoms with E-state index < -0.39 is 0 Å². The Morgan fingerprint density at radius 2 is 1.70 bits per heavy atom. The van der Waals surface area contributed by atoms with Gasteiger partial charge in [-0.2, -0.15) is 0 Å². The maximum atomic E-state index is 6.03. The molecule has 2 saturated carbocycles. The summed E-state index contributed by atoms with van der Waals surface area (Å²) in [7, 11) is 0. The van der Waals surface area contributed by atoms with Crippen LogP contribution in [0.15, 0.2) is 24.3 Å². The first kappa shape index (κ1) is 17.2. The molecule has 0 atom stereocenters. The fourth-order valence-electron chi connectivity index (χ4n) is 4.51. The van der Waals surface area contributed by atoms with E-state index in [2.05, 4.69) is 5.32 Å². The van der Waals surface area contributed by atoms with Gasteiger partial charge in [-0.3, -0.25) is 0 Å². The van der Waals surface area contributed by atoms with Gasteiger partial charge in [-0.25, -0.2) is 0 Å². The molecule has 1 aromatic rings. The SMILES string of the molecule is S=C(CC1CCC(C2CCCCC2)CC1)Nc1cccc(Cl)c1. The Morgan fingerprint density at radius 1 is 1.00 bits per heavy atom. The lowest BCUT2D eigenvalue weighted by atomic mass is 9.70. The van der Waals surface area contributed by atoms with Crippen molar-refractivity contribution in [3.63, 3.8) is 0 Å².